The van der Waals surface area contributed by atoms with Crippen LogP contribution >= 0.6 is 7.82 Å². The van der Waals surface area contributed by atoms with Crippen molar-refractivity contribution in [3.63, 3.8) is 0 Å². The number of aliphatic hydroxyl groups is 1. The lowest BCUT2D eigenvalue weighted by atomic mass is 10.0. The molecule has 62 heavy (non-hydrogen) atoms. The maximum Gasteiger partial charge on any atom is 0.472 e. The van der Waals surface area contributed by atoms with Crippen LogP contribution in [0.5, 0.6) is 0 Å². The van der Waals surface area contributed by atoms with Gasteiger partial charge in [0.15, 0.2) is 0 Å². The van der Waals surface area contributed by atoms with Crippen molar-refractivity contribution in [1.29, 1.82) is 0 Å². The molecule has 1 amide bonds. The number of amides is 1. The lowest BCUT2D eigenvalue weighted by molar-refractivity contribution is -0.147. The Balaban J connectivity index is 3.54. The molecule has 364 valence electrons. The maximum atomic E-state index is 12.1. The highest BCUT2D eigenvalue weighted by Crippen LogP contribution is 2.42. The summed E-state index contributed by atoms with van der Waals surface area (Å²) in [4.78, 5) is 34.1. The van der Waals surface area contributed by atoms with Crippen LogP contribution < -0.4 is 5.32 Å². The van der Waals surface area contributed by atoms with Gasteiger partial charge >= 0.3 is 13.8 Å². The van der Waals surface area contributed by atoms with E-state index in [9.17, 15) is 24.2 Å². The Morgan fingerprint density at radius 1 is 0.500 bits per heavy atom. The third kappa shape index (κ3) is 49.2. The molecule has 0 radical (unpaired) electrons. The molecule has 0 saturated carbocycles. The van der Waals surface area contributed by atoms with E-state index in [2.05, 4.69) is 55.6 Å². The Bertz CT molecular complexity index is 1110. The van der Waals surface area contributed by atoms with Crippen LogP contribution in [0.25, 0.3) is 0 Å². The van der Waals surface area contributed by atoms with Gasteiger partial charge in [0.05, 0.1) is 13.2 Å². The van der Waals surface area contributed by atoms with Crippen LogP contribution in [-0.4, -0.2) is 54.3 Å². The highest BCUT2D eigenvalue weighted by molar-refractivity contribution is 7.47. The number of hydrogen-bond donors (Lipinski definition) is 3. The van der Waals surface area contributed by atoms with Crippen molar-refractivity contribution in [3.05, 3.63) is 36.5 Å². The zero-order valence-electron chi connectivity index (χ0n) is 40.3. The molecule has 0 bridgehead atoms. The molecule has 0 heterocycles. The summed E-state index contributed by atoms with van der Waals surface area (Å²) in [6.07, 6.45) is 56.5. The van der Waals surface area contributed by atoms with Gasteiger partial charge in [0.2, 0.25) is 5.91 Å². The molecule has 0 saturated heterocycles. The molecule has 9 nitrogen and oxygen atoms in total. The first-order valence-corrected chi connectivity index (χ1v) is 27.5. The van der Waals surface area contributed by atoms with E-state index in [0.29, 0.717) is 6.42 Å². The Labute approximate surface area is 382 Å². The maximum absolute atomic E-state index is 12.1. The zero-order chi connectivity index (χ0) is 45.3. The monoisotopic (exact) mass is 896 g/mol. The molecule has 0 spiro atoms. The van der Waals surface area contributed by atoms with Gasteiger partial charge in [-0.05, 0) is 70.6 Å². The van der Waals surface area contributed by atoms with Gasteiger partial charge < -0.3 is 20.1 Å². The van der Waals surface area contributed by atoms with Gasteiger partial charge in [-0.3, -0.25) is 18.6 Å². The van der Waals surface area contributed by atoms with Crippen molar-refractivity contribution in [2.24, 2.45) is 0 Å². The molecule has 0 rings (SSSR count). The molecule has 10 heteroatoms. The number of phosphoric acid groups is 1. The number of unbranched alkanes of at least 4 members (excludes halogenated alkanes) is 30. The number of carbonyl (C=O) groups excluding carboxylic acids is 2. The van der Waals surface area contributed by atoms with Gasteiger partial charge in [-0.1, -0.05) is 204 Å². The molecule has 0 fully saturated rings. The molecule has 0 aromatic heterocycles. The molecule has 0 aliphatic rings. The number of allylic oxidation sites excluding steroid dienone is 6. The smallest absolute Gasteiger partial charge is 0.463 e. The van der Waals surface area contributed by atoms with Gasteiger partial charge in [-0.2, -0.15) is 0 Å². The number of phosphoric ester groups is 1. The molecule has 3 N–H and O–H groups in total. The van der Waals surface area contributed by atoms with E-state index in [1.165, 1.54) is 167 Å². The largest absolute Gasteiger partial charge is 0.472 e. The number of esters is 1. The minimum absolute atomic E-state index is 0.0822. The van der Waals surface area contributed by atoms with Gasteiger partial charge in [-0.25, -0.2) is 4.57 Å². The lowest BCUT2D eigenvalue weighted by Gasteiger charge is -2.15. The van der Waals surface area contributed by atoms with E-state index in [0.717, 1.165) is 57.8 Å². The minimum atomic E-state index is -4.42. The Hall–Kier alpha value is -1.77. The summed E-state index contributed by atoms with van der Waals surface area (Å²) in [5.74, 6) is -0.517. The third-order valence-corrected chi connectivity index (χ3v) is 12.3. The number of ether oxygens (including phenoxy) is 1. The fourth-order valence-electron chi connectivity index (χ4n) is 7.35. The standard InChI is InChI=1S/C52H98NO8P/c1-3-5-7-9-11-13-15-17-19-21-23-24-25-26-27-28-30-32-34-36-38-40-42-44-51(55)53-46-47-60-62(57,58)61-49-50(54)48-59-52(56)45-43-41-39-37-35-33-31-29-22-20-18-16-14-12-10-8-6-4-2/h14,16-17,19-20,22,50,54H,3-13,15,18,21,23-49H2,1-2H3,(H,53,55)(H,57,58)/b16-14-,19-17+,22-20-. The van der Waals surface area contributed by atoms with E-state index in [-0.39, 0.29) is 32.1 Å². The number of carbonyl (C=O) groups is 2. The van der Waals surface area contributed by atoms with E-state index >= 15 is 0 Å². The van der Waals surface area contributed by atoms with Crippen LogP contribution in [0.1, 0.15) is 251 Å². The van der Waals surface area contributed by atoms with Crippen molar-refractivity contribution in [2.45, 2.75) is 258 Å². The summed E-state index contributed by atoms with van der Waals surface area (Å²) in [6, 6.07) is 0. The van der Waals surface area contributed by atoms with Crippen LogP contribution in [0.2, 0.25) is 0 Å². The summed E-state index contributed by atoms with van der Waals surface area (Å²) < 4.78 is 27.0. The van der Waals surface area contributed by atoms with Gasteiger partial charge in [0.25, 0.3) is 0 Å². The number of aliphatic hydroxyl groups excluding tert-OH is 1. The Morgan fingerprint density at radius 3 is 1.32 bits per heavy atom. The normalized spacial score (nSPS) is 13.4. The van der Waals surface area contributed by atoms with Crippen molar-refractivity contribution >= 4 is 19.7 Å². The average molecular weight is 896 g/mol. The van der Waals surface area contributed by atoms with E-state index in [1.807, 2.05) is 0 Å². The first kappa shape index (κ1) is 60.2. The van der Waals surface area contributed by atoms with E-state index in [1.54, 1.807) is 0 Å². The van der Waals surface area contributed by atoms with Crippen molar-refractivity contribution < 1.29 is 37.9 Å². The highest BCUT2D eigenvalue weighted by atomic mass is 31.2. The fraction of sp³-hybridized carbons (Fsp3) is 0.846. The highest BCUT2D eigenvalue weighted by Gasteiger charge is 2.23. The summed E-state index contributed by atoms with van der Waals surface area (Å²) in [6.45, 7) is 3.56. The van der Waals surface area contributed by atoms with E-state index in [4.69, 9.17) is 13.8 Å². The molecule has 0 aliphatic carbocycles. The second-order valence-electron chi connectivity index (χ2n) is 17.5. The minimum Gasteiger partial charge on any atom is -0.463 e. The van der Waals surface area contributed by atoms with Crippen LogP contribution in [0, 0.1) is 0 Å². The zero-order valence-corrected chi connectivity index (χ0v) is 41.2. The molecule has 0 aromatic rings. The quantitative estimate of drug-likeness (QED) is 0.0238. The predicted molar refractivity (Wildman–Crippen MR) is 261 cm³/mol. The van der Waals surface area contributed by atoms with Crippen LogP contribution in [0.3, 0.4) is 0 Å². The molecular formula is C52H98NO8P. The summed E-state index contributed by atoms with van der Waals surface area (Å²) in [5.41, 5.74) is 0. The number of rotatable bonds is 49. The summed E-state index contributed by atoms with van der Waals surface area (Å²) in [5, 5.41) is 12.7. The van der Waals surface area contributed by atoms with Gasteiger partial charge in [0, 0.05) is 19.4 Å². The summed E-state index contributed by atoms with van der Waals surface area (Å²) >= 11 is 0. The van der Waals surface area contributed by atoms with Gasteiger partial charge in [-0.15, -0.1) is 0 Å². The third-order valence-electron chi connectivity index (χ3n) is 11.3. The molecular weight excluding hydrogens is 798 g/mol. The van der Waals surface area contributed by atoms with Crippen molar-refractivity contribution in [2.75, 3.05) is 26.4 Å². The van der Waals surface area contributed by atoms with Crippen LogP contribution in [0.15, 0.2) is 36.5 Å². The Morgan fingerprint density at radius 2 is 0.871 bits per heavy atom. The number of nitrogens with one attached hydrogen (secondary N) is 1. The second-order valence-corrected chi connectivity index (χ2v) is 18.9. The first-order chi connectivity index (χ1) is 30.3. The van der Waals surface area contributed by atoms with Crippen molar-refractivity contribution in [3.8, 4) is 0 Å². The number of hydrogen-bond acceptors (Lipinski definition) is 7. The average Bonchev–Trinajstić information content (AvgIpc) is 3.26. The second kappa shape index (κ2) is 48.7. The molecule has 0 aliphatic heterocycles. The Kier molecular flexibility index (Phi) is 47.3. The van der Waals surface area contributed by atoms with Gasteiger partial charge in [0.1, 0.15) is 12.7 Å². The van der Waals surface area contributed by atoms with Crippen LogP contribution in [-0.2, 0) is 27.9 Å². The topological polar surface area (TPSA) is 131 Å². The predicted octanol–water partition coefficient (Wildman–Crippen LogP) is 15.3. The molecule has 0 aromatic carbocycles. The molecule has 2 unspecified atom stereocenters. The summed E-state index contributed by atoms with van der Waals surface area (Å²) in [7, 11) is -4.42. The van der Waals surface area contributed by atoms with E-state index < -0.39 is 26.5 Å². The van der Waals surface area contributed by atoms with Crippen molar-refractivity contribution in [1.82, 2.24) is 5.32 Å². The van der Waals surface area contributed by atoms with Crippen LogP contribution in [0.4, 0.5) is 0 Å². The fourth-order valence-corrected chi connectivity index (χ4v) is 8.11. The SMILES string of the molecule is CCCCCC/C=C\C/C=C\CCCCCCCCCC(=O)OCC(O)COP(=O)(O)OCCNC(=O)CCCCCCCCCCCCCCC/C=C/CCCCCCCC. The molecule has 2 atom stereocenters. The first-order valence-electron chi connectivity index (χ1n) is 26.0. The lowest BCUT2D eigenvalue weighted by Crippen LogP contribution is -2.27.